The molecule has 1 aromatic heterocycles. The van der Waals surface area contributed by atoms with E-state index in [0.717, 1.165) is 21.2 Å². The van der Waals surface area contributed by atoms with Gasteiger partial charge in [-0.3, -0.25) is 4.79 Å². The summed E-state index contributed by atoms with van der Waals surface area (Å²) in [6.07, 6.45) is 1.49. The molecule has 0 atom stereocenters. The number of hydrogen-bond donors (Lipinski definition) is 1. The molecule has 0 unspecified atom stereocenters. The zero-order valence-electron chi connectivity index (χ0n) is 15.3. The Kier molecular flexibility index (Phi) is 5.82. The van der Waals surface area contributed by atoms with Crippen LogP contribution in [-0.4, -0.2) is 32.7 Å². The highest BCUT2D eigenvalue weighted by Gasteiger charge is 2.09. The van der Waals surface area contributed by atoms with E-state index >= 15 is 0 Å². The minimum atomic E-state index is -0.237. The van der Waals surface area contributed by atoms with Crippen LogP contribution in [0.2, 0.25) is 0 Å². The summed E-state index contributed by atoms with van der Waals surface area (Å²) in [6, 6.07) is 24.9. The van der Waals surface area contributed by atoms with Gasteiger partial charge in [0.1, 0.15) is 12.1 Å². The van der Waals surface area contributed by atoms with E-state index in [9.17, 15) is 4.79 Å². The summed E-state index contributed by atoms with van der Waals surface area (Å²) in [5.74, 6) is 0.319. The number of nitrogens with zero attached hydrogens (tertiary/aromatic N) is 4. The van der Waals surface area contributed by atoms with Gasteiger partial charge in [0.05, 0.1) is 11.4 Å². The standard InChI is InChI=1S/C21H17N5O2S/c27-21(14-28-17-8-6-7-16(13-17)26-15-22-24-25-26)23-19-11-4-5-12-20(19)29-18-9-2-1-3-10-18/h1-13,15H,14H2,(H,23,27). The molecule has 0 fully saturated rings. The first-order chi connectivity index (χ1) is 14.3. The first-order valence-electron chi connectivity index (χ1n) is 8.86. The van der Waals surface area contributed by atoms with Crippen molar-refractivity contribution in [3.8, 4) is 11.4 Å². The van der Waals surface area contributed by atoms with Crippen molar-refractivity contribution in [3.63, 3.8) is 0 Å². The van der Waals surface area contributed by atoms with Gasteiger partial charge in [0.2, 0.25) is 0 Å². The van der Waals surface area contributed by atoms with Crippen molar-refractivity contribution in [2.75, 3.05) is 11.9 Å². The molecule has 3 aromatic carbocycles. The summed E-state index contributed by atoms with van der Waals surface area (Å²) in [5, 5.41) is 14.0. The van der Waals surface area contributed by atoms with Crippen LogP contribution >= 0.6 is 11.8 Å². The molecule has 7 nitrogen and oxygen atoms in total. The number of rotatable bonds is 7. The number of benzene rings is 3. The Morgan fingerprint density at radius 1 is 1.00 bits per heavy atom. The second-order valence-electron chi connectivity index (χ2n) is 6.00. The van der Waals surface area contributed by atoms with Crippen LogP contribution < -0.4 is 10.1 Å². The lowest BCUT2D eigenvalue weighted by atomic mass is 10.3. The maximum absolute atomic E-state index is 12.4. The van der Waals surface area contributed by atoms with E-state index in [1.54, 1.807) is 23.9 Å². The summed E-state index contributed by atoms with van der Waals surface area (Å²) in [7, 11) is 0. The zero-order chi connectivity index (χ0) is 19.9. The fourth-order valence-corrected chi connectivity index (χ4v) is 3.53. The van der Waals surface area contributed by atoms with Crippen LogP contribution in [0.4, 0.5) is 5.69 Å². The average molecular weight is 403 g/mol. The van der Waals surface area contributed by atoms with Gasteiger partial charge >= 0.3 is 0 Å². The van der Waals surface area contributed by atoms with Crippen molar-refractivity contribution in [2.24, 2.45) is 0 Å². The molecule has 144 valence electrons. The number of amides is 1. The van der Waals surface area contributed by atoms with E-state index < -0.39 is 0 Å². The topological polar surface area (TPSA) is 81.9 Å². The summed E-state index contributed by atoms with van der Waals surface area (Å²) in [6.45, 7) is -0.108. The molecule has 8 heteroatoms. The van der Waals surface area contributed by atoms with Crippen LogP contribution in [0.5, 0.6) is 5.75 Å². The molecule has 0 aliphatic rings. The minimum absolute atomic E-state index is 0.108. The van der Waals surface area contributed by atoms with Crippen molar-refractivity contribution in [1.82, 2.24) is 20.2 Å². The van der Waals surface area contributed by atoms with Crippen molar-refractivity contribution in [1.29, 1.82) is 0 Å². The quantitative estimate of drug-likeness (QED) is 0.505. The lowest BCUT2D eigenvalue weighted by Crippen LogP contribution is -2.20. The maximum Gasteiger partial charge on any atom is 0.262 e. The highest BCUT2D eigenvalue weighted by molar-refractivity contribution is 7.99. The first kappa shape index (κ1) is 18.7. The molecule has 29 heavy (non-hydrogen) atoms. The number of aromatic nitrogens is 4. The molecule has 0 spiro atoms. The van der Waals surface area contributed by atoms with E-state index in [0.29, 0.717) is 5.75 Å². The van der Waals surface area contributed by atoms with Gasteiger partial charge in [-0.25, -0.2) is 4.68 Å². The zero-order valence-corrected chi connectivity index (χ0v) is 16.1. The second-order valence-corrected chi connectivity index (χ2v) is 7.12. The molecular weight excluding hydrogens is 386 g/mol. The van der Waals surface area contributed by atoms with Crippen LogP contribution in [0.1, 0.15) is 0 Å². The SMILES string of the molecule is O=C(COc1cccc(-n2cnnn2)c1)Nc1ccccc1Sc1ccccc1. The van der Waals surface area contributed by atoms with E-state index in [1.807, 2.05) is 66.7 Å². The first-order valence-corrected chi connectivity index (χ1v) is 9.67. The summed E-state index contributed by atoms with van der Waals surface area (Å²) in [4.78, 5) is 14.5. The number of carbonyl (C=O) groups is 1. The molecule has 4 rings (SSSR count). The number of anilines is 1. The molecule has 0 bridgehead atoms. The normalized spacial score (nSPS) is 10.5. The predicted octanol–water partition coefficient (Wildman–Crippen LogP) is 3.83. The highest BCUT2D eigenvalue weighted by atomic mass is 32.2. The third-order valence-corrected chi connectivity index (χ3v) is 5.02. The summed E-state index contributed by atoms with van der Waals surface area (Å²) < 4.78 is 7.15. The van der Waals surface area contributed by atoms with Gasteiger partial charge in [0, 0.05) is 15.9 Å². The van der Waals surface area contributed by atoms with E-state index in [2.05, 4.69) is 20.8 Å². The van der Waals surface area contributed by atoms with Crippen LogP contribution in [0.15, 0.2) is 95.0 Å². The molecule has 1 N–H and O–H groups in total. The fraction of sp³-hybridized carbons (Fsp3) is 0.0476. The molecule has 1 heterocycles. The van der Waals surface area contributed by atoms with Gasteiger partial charge in [-0.1, -0.05) is 48.2 Å². The van der Waals surface area contributed by atoms with Gasteiger partial charge < -0.3 is 10.1 Å². The Morgan fingerprint density at radius 2 is 1.83 bits per heavy atom. The average Bonchev–Trinajstić information content (AvgIpc) is 3.30. The largest absolute Gasteiger partial charge is 0.484 e. The number of hydrogen-bond acceptors (Lipinski definition) is 6. The Balaban J connectivity index is 1.39. The molecule has 0 saturated carbocycles. The predicted molar refractivity (Wildman–Crippen MR) is 110 cm³/mol. The molecule has 0 saturated heterocycles. The highest BCUT2D eigenvalue weighted by Crippen LogP contribution is 2.33. The van der Waals surface area contributed by atoms with Crippen molar-refractivity contribution >= 4 is 23.4 Å². The van der Waals surface area contributed by atoms with Gasteiger partial charge in [-0.15, -0.1) is 5.10 Å². The fourth-order valence-electron chi connectivity index (χ4n) is 2.60. The number of ether oxygens (including phenoxy) is 1. The third kappa shape index (κ3) is 4.99. The monoisotopic (exact) mass is 403 g/mol. The Hall–Kier alpha value is -3.65. The van der Waals surface area contributed by atoms with Crippen molar-refractivity contribution < 1.29 is 9.53 Å². The summed E-state index contributed by atoms with van der Waals surface area (Å²) >= 11 is 1.59. The lowest BCUT2D eigenvalue weighted by Gasteiger charge is -2.12. The number of carbonyl (C=O) groups excluding carboxylic acids is 1. The molecule has 0 radical (unpaired) electrons. The maximum atomic E-state index is 12.4. The van der Waals surface area contributed by atoms with Crippen LogP contribution in [-0.2, 0) is 4.79 Å². The van der Waals surface area contributed by atoms with E-state index in [4.69, 9.17) is 4.74 Å². The van der Waals surface area contributed by atoms with Gasteiger partial charge in [-0.2, -0.15) is 0 Å². The Labute approximate surface area is 171 Å². The third-order valence-electron chi connectivity index (χ3n) is 3.93. The molecule has 1 amide bonds. The van der Waals surface area contributed by atoms with E-state index in [-0.39, 0.29) is 12.5 Å². The second kappa shape index (κ2) is 9.03. The lowest BCUT2D eigenvalue weighted by molar-refractivity contribution is -0.118. The van der Waals surface area contributed by atoms with Crippen LogP contribution in [0.3, 0.4) is 0 Å². The van der Waals surface area contributed by atoms with Crippen molar-refractivity contribution in [2.45, 2.75) is 9.79 Å². The van der Waals surface area contributed by atoms with Gasteiger partial charge in [0.25, 0.3) is 5.91 Å². The van der Waals surface area contributed by atoms with Crippen LogP contribution in [0.25, 0.3) is 5.69 Å². The van der Waals surface area contributed by atoms with Gasteiger partial charge in [0.15, 0.2) is 6.61 Å². The van der Waals surface area contributed by atoms with Gasteiger partial charge in [-0.05, 0) is 46.8 Å². The number of para-hydroxylation sites is 1. The van der Waals surface area contributed by atoms with Crippen molar-refractivity contribution in [3.05, 3.63) is 85.2 Å². The Bertz CT molecular complexity index is 1090. The minimum Gasteiger partial charge on any atom is -0.484 e. The summed E-state index contributed by atoms with van der Waals surface area (Å²) in [5.41, 5.74) is 1.50. The molecule has 4 aromatic rings. The molecule has 0 aliphatic heterocycles. The molecular formula is C21H17N5O2S. The van der Waals surface area contributed by atoms with E-state index in [1.165, 1.54) is 11.0 Å². The molecule has 0 aliphatic carbocycles. The number of nitrogens with one attached hydrogen (secondary N) is 1. The smallest absolute Gasteiger partial charge is 0.262 e. The van der Waals surface area contributed by atoms with Crippen LogP contribution in [0, 0.1) is 0 Å². The Morgan fingerprint density at radius 3 is 2.66 bits per heavy atom. The number of tetrazole rings is 1.